The number of aromatic nitrogens is 3. The highest BCUT2D eigenvalue weighted by molar-refractivity contribution is 9.10. The zero-order valence-corrected chi connectivity index (χ0v) is 11.4. The van der Waals surface area contributed by atoms with E-state index in [1.165, 1.54) is 5.69 Å². The van der Waals surface area contributed by atoms with Crippen molar-refractivity contribution < 1.29 is 0 Å². The summed E-state index contributed by atoms with van der Waals surface area (Å²) in [6.45, 7) is 2.89. The van der Waals surface area contributed by atoms with Gasteiger partial charge in [-0.1, -0.05) is 6.07 Å². The van der Waals surface area contributed by atoms with Crippen LogP contribution in [-0.2, 0) is 6.42 Å². The molecular formula is C12H13BrN4. The summed E-state index contributed by atoms with van der Waals surface area (Å²) in [5.74, 6) is 1.86. The number of aryl methyl sites for hydroxylation is 1. The van der Waals surface area contributed by atoms with Crippen LogP contribution in [0.2, 0.25) is 0 Å². The van der Waals surface area contributed by atoms with Crippen LogP contribution in [0.4, 0.5) is 5.69 Å². The van der Waals surface area contributed by atoms with Gasteiger partial charge in [0.1, 0.15) is 11.6 Å². The number of rotatable bonds is 0. The molecule has 4 nitrogen and oxygen atoms in total. The van der Waals surface area contributed by atoms with Crippen LogP contribution in [-0.4, -0.2) is 28.4 Å². The molecule has 17 heavy (non-hydrogen) atoms. The molecule has 2 aromatic rings. The molecule has 0 N–H and O–H groups in total. The summed E-state index contributed by atoms with van der Waals surface area (Å²) < 4.78 is 3.05. The van der Waals surface area contributed by atoms with Crippen molar-refractivity contribution in [1.82, 2.24) is 14.8 Å². The Morgan fingerprint density at radius 3 is 3.00 bits per heavy atom. The van der Waals surface area contributed by atoms with Gasteiger partial charge in [-0.2, -0.15) is 5.10 Å². The number of fused-ring (bicyclic) bond motifs is 3. The van der Waals surface area contributed by atoms with E-state index in [9.17, 15) is 0 Å². The lowest BCUT2D eigenvalue weighted by molar-refractivity contribution is 0.789. The molecule has 0 saturated carbocycles. The first-order valence-electron chi connectivity index (χ1n) is 5.59. The second-order valence-electron chi connectivity index (χ2n) is 4.27. The molecule has 1 aliphatic rings. The predicted octanol–water partition coefficient (Wildman–Crippen LogP) is 2.33. The first-order valence-corrected chi connectivity index (χ1v) is 6.38. The third kappa shape index (κ3) is 1.65. The molecule has 0 radical (unpaired) electrons. The van der Waals surface area contributed by atoms with Gasteiger partial charge in [0.25, 0.3) is 0 Å². The van der Waals surface area contributed by atoms with Crippen LogP contribution >= 0.6 is 15.9 Å². The Morgan fingerprint density at radius 1 is 1.35 bits per heavy atom. The van der Waals surface area contributed by atoms with Crippen molar-refractivity contribution in [3.63, 3.8) is 0 Å². The molecule has 0 bridgehead atoms. The highest BCUT2D eigenvalue weighted by Crippen LogP contribution is 2.34. The van der Waals surface area contributed by atoms with Crippen molar-refractivity contribution >= 4 is 21.6 Å². The second-order valence-corrected chi connectivity index (χ2v) is 5.12. The molecule has 0 unspecified atom stereocenters. The third-order valence-electron chi connectivity index (χ3n) is 3.03. The standard InChI is InChI=1S/C12H13BrN4/c1-8-14-11-6-7-16(2)12-9(13)4-3-5-10(12)17(11)15-8/h3-5H,6-7H2,1-2H3. The average Bonchev–Trinajstić information content (AvgIpc) is 2.61. The van der Waals surface area contributed by atoms with Gasteiger partial charge in [-0.05, 0) is 35.0 Å². The molecular weight excluding hydrogens is 280 g/mol. The Morgan fingerprint density at radius 2 is 2.18 bits per heavy atom. The minimum absolute atomic E-state index is 0.829. The Bertz CT molecular complexity index is 576. The van der Waals surface area contributed by atoms with E-state index in [-0.39, 0.29) is 0 Å². The number of hydrogen-bond acceptors (Lipinski definition) is 3. The summed E-state index contributed by atoms with van der Waals surface area (Å²) >= 11 is 3.61. The Balaban J connectivity index is 2.31. The summed E-state index contributed by atoms with van der Waals surface area (Å²) in [6, 6.07) is 6.17. The van der Waals surface area contributed by atoms with Gasteiger partial charge in [0.15, 0.2) is 0 Å². The summed E-state index contributed by atoms with van der Waals surface area (Å²) in [6.07, 6.45) is 0.915. The average molecular weight is 293 g/mol. The molecule has 0 saturated heterocycles. The monoisotopic (exact) mass is 292 g/mol. The lowest BCUT2D eigenvalue weighted by Crippen LogP contribution is -2.19. The minimum atomic E-state index is 0.829. The molecule has 1 aliphatic heterocycles. The summed E-state index contributed by atoms with van der Waals surface area (Å²) in [5.41, 5.74) is 2.27. The fourth-order valence-corrected chi connectivity index (χ4v) is 2.90. The largest absolute Gasteiger partial charge is 0.371 e. The smallest absolute Gasteiger partial charge is 0.148 e. The van der Waals surface area contributed by atoms with Crippen LogP contribution in [0, 0.1) is 6.92 Å². The van der Waals surface area contributed by atoms with E-state index in [1.807, 2.05) is 17.7 Å². The van der Waals surface area contributed by atoms with Gasteiger partial charge in [-0.3, -0.25) is 0 Å². The van der Waals surface area contributed by atoms with Gasteiger partial charge in [-0.25, -0.2) is 9.67 Å². The summed E-state index contributed by atoms with van der Waals surface area (Å²) in [7, 11) is 2.10. The Kier molecular flexibility index (Phi) is 2.43. The zero-order chi connectivity index (χ0) is 12.0. The van der Waals surface area contributed by atoms with Crippen LogP contribution < -0.4 is 4.90 Å². The van der Waals surface area contributed by atoms with Crippen LogP contribution in [0.3, 0.4) is 0 Å². The van der Waals surface area contributed by atoms with Crippen molar-refractivity contribution in [2.45, 2.75) is 13.3 Å². The van der Waals surface area contributed by atoms with E-state index >= 15 is 0 Å². The predicted molar refractivity (Wildman–Crippen MR) is 70.8 cm³/mol. The number of likely N-dealkylation sites (N-methyl/N-ethyl adjacent to an activating group) is 1. The number of hydrogen-bond donors (Lipinski definition) is 0. The van der Waals surface area contributed by atoms with E-state index in [0.29, 0.717) is 0 Å². The highest BCUT2D eigenvalue weighted by atomic mass is 79.9. The van der Waals surface area contributed by atoms with Crippen molar-refractivity contribution in [2.24, 2.45) is 0 Å². The van der Waals surface area contributed by atoms with Crippen molar-refractivity contribution in [3.05, 3.63) is 34.3 Å². The minimum Gasteiger partial charge on any atom is -0.371 e. The summed E-state index contributed by atoms with van der Waals surface area (Å²) in [4.78, 5) is 6.73. The number of halogens is 1. The lowest BCUT2D eigenvalue weighted by atomic mass is 10.2. The van der Waals surface area contributed by atoms with E-state index in [4.69, 9.17) is 0 Å². The van der Waals surface area contributed by atoms with Crippen molar-refractivity contribution in [3.8, 4) is 5.69 Å². The third-order valence-corrected chi connectivity index (χ3v) is 3.67. The Labute approximate surface area is 108 Å². The van der Waals surface area contributed by atoms with Crippen LogP contribution in [0.25, 0.3) is 5.69 Å². The molecule has 5 heteroatoms. The normalized spacial score (nSPS) is 14.2. The molecule has 0 atom stereocenters. The van der Waals surface area contributed by atoms with Gasteiger partial charge >= 0.3 is 0 Å². The van der Waals surface area contributed by atoms with E-state index in [1.54, 1.807) is 0 Å². The maximum absolute atomic E-state index is 4.49. The highest BCUT2D eigenvalue weighted by Gasteiger charge is 2.21. The van der Waals surface area contributed by atoms with Crippen LogP contribution in [0.15, 0.2) is 22.7 Å². The molecule has 1 aromatic carbocycles. The van der Waals surface area contributed by atoms with Crippen LogP contribution in [0.1, 0.15) is 11.6 Å². The quantitative estimate of drug-likeness (QED) is 0.747. The molecule has 0 aliphatic carbocycles. The lowest BCUT2D eigenvalue weighted by Gasteiger charge is -2.20. The number of benzene rings is 1. The maximum atomic E-state index is 4.49. The second kappa shape index (κ2) is 3.84. The van der Waals surface area contributed by atoms with E-state index < -0.39 is 0 Å². The topological polar surface area (TPSA) is 34.0 Å². The molecule has 0 amide bonds. The summed E-state index contributed by atoms with van der Waals surface area (Å²) in [5, 5.41) is 4.49. The Hall–Kier alpha value is -1.36. The molecule has 0 spiro atoms. The first-order chi connectivity index (χ1) is 8.16. The fourth-order valence-electron chi connectivity index (χ4n) is 2.25. The van der Waals surface area contributed by atoms with Crippen molar-refractivity contribution in [2.75, 3.05) is 18.5 Å². The van der Waals surface area contributed by atoms with Gasteiger partial charge in [0, 0.05) is 24.5 Å². The van der Waals surface area contributed by atoms with Crippen molar-refractivity contribution in [1.29, 1.82) is 0 Å². The van der Waals surface area contributed by atoms with E-state index in [0.717, 1.165) is 34.8 Å². The SMILES string of the molecule is Cc1nc2n(n1)-c1cccc(Br)c1N(C)CC2. The number of nitrogens with zero attached hydrogens (tertiary/aromatic N) is 4. The van der Waals surface area contributed by atoms with Gasteiger partial charge < -0.3 is 4.90 Å². The maximum Gasteiger partial charge on any atom is 0.148 e. The first kappa shape index (κ1) is 10.8. The van der Waals surface area contributed by atoms with Crippen LogP contribution in [0.5, 0.6) is 0 Å². The van der Waals surface area contributed by atoms with E-state index in [2.05, 4.69) is 50.1 Å². The molecule has 3 rings (SSSR count). The molecule has 1 aromatic heterocycles. The molecule has 2 heterocycles. The van der Waals surface area contributed by atoms with Gasteiger partial charge in [-0.15, -0.1) is 0 Å². The van der Waals surface area contributed by atoms with Gasteiger partial charge in [0.05, 0.1) is 11.4 Å². The number of anilines is 1. The molecule has 0 fully saturated rings. The fraction of sp³-hybridized carbons (Fsp3) is 0.333. The number of para-hydroxylation sites is 1. The van der Waals surface area contributed by atoms with Gasteiger partial charge in [0.2, 0.25) is 0 Å². The molecule has 88 valence electrons. The zero-order valence-electron chi connectivity index (χ0n) is 9.81.